The van der Waals surface area contributed by atoms with Crippen LogP contribution < -0.4 is 0 Å². The summed E-state index contributed by atoms with van der Waals surface area (Å²) >= 11 is 3.27. The predicted octanol–water partition coefficient (Wildman–Crippen LogP) is 1.25. The van der Waals surface area contributed by atoms with Crippen molar-refractivity contribution in [2.24, 2.45) is 0 Å². The first-order valence-electron chi connectivity index (χ1n) is 2.56. The molecule has 0 spiro atoms. The highest BCUT2D eigenvalue weighted by Crippen LogP contribution is 2.10. The lowest BCUT2D eigenvalue weighted by atomic mass is 10.4. The average molecular weight is 188 g/mol. The highest BCUT2D eigenvalue weighted by molar-refractivity contribution is 9.09. The van der Waals surface area contributed by atoms with E-state index in [0.717, 1.165) is 6.41 Å². The van der Waals surface area contributed by atoms with Gasteiger partial charge in [0.05, 0.1) is 0 Å². The molecule has 2 nitrogen and oxygen atoms in total. The van der Waals surface area contributed by atoms with Crippen LogP contribution in [0.1, 0.15) is 0 Å². The van der Waals surface area contributed by atoms with Crippen LogP contribution in [0.2, 0.25) is 0 Å². The van der Waals surface area contributed by atoms with Gasteiger partial charge in [0, 0.05) is 6.20 Å². The summed E-state index contributed by atoms with van der Waals surface area (Å²) in [5, 5.41) is 0. The van der Waals surface area contributed by atoms with Gasteiger partial charge in [-0.2, -0.15) is 0 Å². The summed E-state index contributed by atoms with van der Waals surface area (Å²) in [6.07, 6.45) is 8.08. The van der Waals surface area contributed by atoms with Crippen molar-refractivity contribution in [2.45, 2.75) is 4.95 Å². The van der Waals surface area contributed by atoms with Crippen LogP contribution >= 0.6 is 15.9 Å². The summed E-state index contributed by atoms with van der Waals surface area (Å²) in [5.74, 6) is 0. The molecule has 1 amide bonds. The maximum atomic E-state index is 10.2. The summed E-state index contributed by atoms with van der Waals surface area (Å²) in [5.41, 5.74) is 0. The van der Waals surface area contributed by atoms with Crippen molar-refractivity contribution in [1.29, 1.82) is 0 Å². The van der Waals surface area contributed by atoms with Crippen molar-refractivity contribution in [1.82, 2.24) is 4.90 Å². The van der Waals surface area contributed by atoms with E-state index in [4.69, 9.17) is 0 Å². The number of hydrogen-bond acceptors (Lipinski definition) is 1. The summed E-state index contributed by atoms with van der Waals surface area (Å²) < 4.78 is 0. The number of amides is 1. The Labute approximate surface area is 62.0 Å². The molecule has 1 heterocycles. The third-order valence-electron chi connectivity index (χ3n) is 1.05. The van der Waals surface area contributed by atoms with Crippen LogP contribution in [0.3, 0.4) is 0 Å². The molecule has 0 N–H and O–H groups in total. The maximum Gasteiger partial charge on any atom is 0.214 e. The van der Waals surface area contributed by atoms with Crippen LogP contribution in [0, 0.1) is 0 Å². The highest BCUT2D eigenvalue weighted by Gasteiger charge is 2.07. The molecule has 0 bridgehead atoms. The molecule has 0 saturated carbocycles. The van der Waals surface area contributed by atoms with Gasteiger partial charge in [0.25, 0.3) is 0 Å². The molecule has 1 aliphatic rings. The number of halogens is 1. The number of carbonyl (C=O) groups excluding carboxylic acids is 1. The van der Waals surface area contributed by atoms with E-state index in [1.807, 2.05) is 18.2 Å². The molecular formula is C6H6BrNO. The van der Waals surface area contributed by atoms with E-state index in [-0.39, 0.29) is 4.95 Å². The normalized spacial score (nSPS) is 24.6. The maximum absolute atomic E-state index is 10.2. The molecular weight excluding hydrogens is 182 g/mol. The first kappa shape index (κ1) is 6.55. The second-order valence-corrected chi connectivity index (χ2v) is 2.59. The molecule has 1 aliphatic heterocycles. The molecule has 0 aromatic heterocycles. The predicted molar refractivity (Wildman–Crippen MR) is 38.9 cm³/mol. The van der Waals surface area contributed by atoms with Crippen molar-refractivity contribution in [3.63, 3.8) is 0 Å². The van der Waals surface area contributed by atoms with Gasteiger partial charge >= 0.3 is 0 Å². The van der Waals surface area contributed by atoms with E-state index < -0.39 is 0 Å². The van der Waals surface area contributed by atoms with Gasteiger partial charge in [0.1, 0.15) is 4.95 Å². The molecule has 0 aliphatic carbocycles. The minimum absolute atomic E-state index is 0.0278. The van der Waals surface area contributed by atoms with Crippen LogP contribution in [0.4, 0.5) is 0 Å². The van der Waals surface area contributed by atoms with E-state index in [0.29, 0.717) is 0 Å². The molecule has 0 aromatic carbocycles. The second-order valence-electron chi connectivity index (χ2n) is 1.65. The van der Waals surface area contributed by atoms with Gasteiger partial charge in [-0.3, -0.25) is 4.79 Å². The van der Waals surface area contributed by atoms with E-state index in [1.165, 1.54) is 4.90 Å². The van der Waals surface area contributed by atoms with Crippen molar-refractivity contribution in [3.05, 3.63) is 24.4 Å². The minimum atomic E-state index is 0.0278. The van der Waals surface area contributed by atoms with Gasteiger partial charge in [-0.15, -0.1) is 0 Å². The Bertz CT molecular complexity index is 164. The highest BCUT2D eigenvalue weighted by atomic mass is 79.9. The topological polar surface area (TPSA) is 20.3 Å². The largest absolute Gasteiger partial charge is 0.305 e. The van der Waals surface area contributed by atoms with Crippen LogP contribution in [-0.2, 0) is 4.79 Å². The number of hydrogen-bond donors (Lipinski definition) is 0. The molecule has 0 radical (unpaired) electrons. The molecule has 0 fully saturated rings. The lowest BCUT2D eigenvalue weighted by molar-refractivity contribution is -0.115. The molecule has 48 valence electrons. The summed E-state index contributed by atoms with van der Waals surface area (Å²) in [7, 11) is 0. The molecule has 3 heteroatoms. The van der Waals surface area contributed by atoms with Gasteiger partial charge < -0.3 is 4.90 Å². The Morgan fingerprint density at radius 1 is 1.56 bits per heavy atom. The van der Waals surface area contributed by atoms with E-state index in [2.05, 4.69) is 15.9 Å². The second kappa shape index (κ2) is 2.82. The van der Waals surface area contributed by atoms with Crippen molar-refractivity contribution in [2.75, 3.05) is 0 Å². The zero-order valence-corrected chi connectivity index (χ0v) is 6.28. The van der Waals surface area contributed by atoms with Crippen molar-refractivity contribution < 1.29 is 4.79 Å². The molecule has 0 unspecified atom stereocenters. The first-order chi connectivity index (χ1) is 4.34. The van der Waals surface area contributed by atoms with Gasteiger partial charge in [-0.1, -0.05) is 28.1 Å². The first-order valence-corrected chi connectivity index (χ1v) is 3.48. The molecule has 1 atom stereocenters. The molecule has 1 rings (SSSR count). The SMILES string of the molecule is O=CN1C=CC=C[C@@H]1Br. The van der Waals surface area contributed by atoms with Crippen molar-refractivity contribution in [3.8, 4) is 0 Å². The van der Waals surface area contributed by atoms with Crippen LogP contribution in [0.15, 0.2) is 24.4 Å². The zero-order chi connectivity index (χ0) is 6.69. The Morgan fingerprint density at radius 2 is 2.33 bits per heavy atom. The fourth-order valence-electron chi connectivity index (χ4n) is 0.580. The lowest BCUT2D eigenvalue weighted by Gasteiger charge is -2.17. The molecule has 9 heavy (non-hydrogen) atoms. The molecule has 0 saturated heterocycles. The summed E-state index contributed by atoms with van der Waals surface area (Å²) in [6, 6.07) is 0. The van der Waals surface area contributed by atoms with Crippen molar-refractivity contribution >= 4 is 22.3 Å². The van der Waals surface area contributed by atoms with Crippen LogP contribution in [0.25, 0.3) is 0 Å². The fourth-order valence-corrected chi connectivity index (χ4v) is 0.989. The number of allylic oxidation sites excluding steroid dienone is 2. The average Bonchev–Trinajstić information content (AvgIpc) is 1.89. The Balaban J connectivity index is 2.65. The fraction of sp³-hybridized carbons (Fsp3) is 0.167. The van der Waals surface area contributed by atoms with E-state index in [1.54, 1.807) is 6.20 Å². The van der Waals surface area contributed by atoms with Gasteiger partial charge in [0.2, 0.25) is 6.41 Å². The zero-order valence-electron chi connectivity index (χ0n) is 4.70. The summed E-state index contributed by atoms with van der Waals surface area (Å²) in [4.78, 5) is 11.7. The standard InChI is InChI=1S/C6H6BrNO/c7-6-3-1-2-4-8(6)5-9/h1-6H/t6-/m1/s1. The smallest absolute Gasteiger partial charge is 0.214 e. The Hall–Kier alpha value is -0.570. The van der Waals surface area contributed by atoms with Crippen LogP contribution in [0.5, 0.6) is 0 Å². The minimum Gasteiger partial charge on any atom is -0.305 e. The van der Waals surface area contributed by atoms with E-state index >= 15 is 0 Å². The lowest BCUT2D eigenvalue weighted by Crippen LogP contribution is -2.23. The number of rotatable bonds is 1. The van der Waals surface area contributed by atoms with E-state index in [9.17, 15) is 4.79 Å². The molecule has 0 aromatic rings. The summed E-state index contributed by atoms with van der Waals surface area (Å²) in [6.45, 7) is 0. The third kappa shape index (κ3) is 1.42. The quantitative estimate of drug-likeness (QED) is 0.344. The Kier molecular flexibility index (Phi) is 2.05. The number of nitrogens with zero attached hydrogens (tertiary/aromatic N) is 1. The van der Waals surface area contributed by atoms with Gasteiger partial charge in [-0.05, 0) is 6.08 Å². The van der Waals surface area contributed by atoms with Crippen LogP contribution in [-0.4, -0.2) is 16.3 Å². The number of carbonyl (C=O) groups is 1. The third-order valence-corrected chi connectivity index (χ3v) is 1.82. The van der Waals surface area contributed by atoms with Gasteiger partial charge in [0.15, 0.2) is 0 Å². The monoisotopic (exact) mass is 187 g/mol. The Morgan fingerprint density at radius 3 is 2.78 bits per heavy atom. The number of alkyl halides is 1. The van der Waals surface area contributed by atoms with Gasteiger partial charge in [-0.25, -0.2) is 0 Å².